The minimum absolute atomic E-state index is 0.0687. The van der Waals surface area contributed by atoms with Gasteiger partial charge in [0.05, 0.1) is 24.0 Å². The van der Waals surface area contributed by atoms with Crippen molar-refractivity contribution < 1.29 is 19.4 Å². The molecule has 0 aliphatic carbocycles. The highest BCUT2D eigenvalue weighted by Gasteiger charge is 2.20. The van der Waals surface area contributed by atoms with Gasteiger partial charge in [0.2, 0.25) is 0 Å². The van der Waals surface area contributed by atoms with Crippen molar-refractivity contribution in [3.63, 3.8) is 0 Å². The van der Waals surface area contributed by atoms with E-state index in [1.807, 2.05) is 24.3 Å². The Morgan fingerprint density at radius 2 is 2.10 bits per heavy atom. The molecule has 2 N–H and O–H groups in total. The van der Waals surface area contributed by atoms with Gasteiger partial charge in [0.15, 0.2) is 0 Å². The van der Waals surface area contributed by atoms with Crippen molar-refractivity contribution in [3.8, 4) is 17.0 Å². The lowest BCUT2D eigenvalue weighted by atomic mass is 10.0. The third-order valence-corrected chi connectivity index (χ3v) is 5.15. The van der Waals surface area contributed by atoms with Crippen LogP contribution >= 0.6 is 0 Å². The van der Waals surface area contributed by atoms with Crippen LogP contribution in [0.1, 0.15) is 21.5 Å². The van der Waals surface area contributed by atoms with Crippen LogP contribution in [0.5, 0.6) is 5.75 Å². The number of rotatable bonds is 4. The summed E-state index contributed by atoms with van der Waals surface area (Å²) < 4.78 is 6.90. The maximum Gasteiger partial charge on any atom is 0.322 e. The number of carbonyl (C=O) groups excluding carboxylic acids is 1. The molecular weight excluding hydrogens is 374 g/mol. The Hall–Kier alpha value is -3.68. The van der Waals surface area contributed by atoms with Crippen LogP contribution in [-0.4, -0.2) is 39.7 Å². The molecular formula is C21H19N3O5. The Kier molecular flexibility index (Phi) is 4.54. The maximum absolute atomic E-state index is 12.7. The number of benzene rings is 1. The molecule has 3 heterocycles. The number of nitrogens with one attached hydrogen (secondary N) is 1. The first-order chi connectivity index (χ1) is 13.9. The number of ether oxygens (including phenoxy) is 1. The van der Waals surface area contributed by atoms with Gasteiger partial charge in [-0.05, 0) is 42.3 Å². The summed E-state index contributed by atoms with van der Waals surface area (Å²) in [6.07, 6.45) is 2.46. The van der Waals surface area contributed by atoms with E-state index in [-0.39, 0.29) is 5.56 Å². The number of pyridine rings is 2. The van der Waals surface area contributed by atoms with Gasteiger partial charge in [0.1, 0.15) is 17.9 Å². The molecule has 1 amide bonds. The van der Waals surface area contributed by atoms with Crippen LogP contribution in [0.3, 0.4) is 0 Å². The van der Waals surface area contributed by atoms with E-state index in [1.54, 1.807) is 20.2 Å². The number of aromatic nitrogens is 2. The minimum Gasteiger partial charge on any atom is -0.493 e. The van der Waals surface area contributed by atoms with E-state index in [9.17, 15) is 14.4 Å². The number of hydrogen-bond donors (Lipinski definition) is 2. The first-order valence-electron chi connectivity index (χ1n) is 9.12. The van der Waals surface area contributed by atoms with Gasteiger partial charge in [-0.25, -0.2) is 0 Å². The van der Waals surface area contributed by atoms with Gasteiger partial charge >= 0.3 is 5.97 Å². The van der Waals surface area contributed by atoms with Crippen LogP contribution in [0.15, 0.2) is 35.3 Å². The molecule has 1 aliphatic heterocycles. The van der Waals surface area contributed by atoms with Crippen molar-refractivity contribution in [2.45, 2.75) is 13.3 Å². The highest BCUT2D eigenvalue weighted by molar-refractivity contribution is 6.01. The Labute approximate surface area is 165 Å². The summed E-state index contributed by atoms with van der Waals surface area (Å²) >= 11 is 0. The highest BCUT2D eigenvalue weighted by atomic mass is 16.5. The van der Waals surface area contributed by atoms with Gasteiger partial charge < -0.3 is 19.7 Å². The van der Waals surface area contributed by atoms with E-state index in [1.165, 1.54) is 4.57 Å². The molecule has 1 aliphatic rings. The number of nitrogens with zero attached hydrogens (tertiary/aromatic N) is 2. The second kappa shape index (κ2) is 7.05. The molecule has 1 aromatic carbocycles. The molecule has 148 valence electrons. The number of carboxylic acid groups (broad SMARTS) is 1. The van der Waals surface area contributed by atoms with Gasteiger partial charge in [-0.3, -0.25) is 19.4 Å². The monoisotopic (exact) mass is 393 g/mol. The zero-order chi connectivity index (χ0) is 20.7. The van der Waals surface area contributed by atoms with Crippen LogP contribution in [0.25, 0.3) is 22.2 Å². The lowest BCUT2D eigenvalue weighted by Crippen LogP contribution is -2.36. The summed E-state index contributed by atoms with van der Waals surface area (Å²) in [4.78, 5) is 40.4. The summed E-state index contributed by atoms with van der Waals surface area (Å²) in [6.45, 7) is 1.79. The summed E-state index contributed by atoms with van der Waals surface area (Å²) in [5.41, 5.74) is 3.26. The molecule has 0 radical (unpaired) electrons. The largest absolute Gasteiger partial charge is 0.493 e. The molecule has 0 atom stereocenters. The molecule has 0 spiro atoms. The number of amides is 1. The fraction of sp³-hybridized carbons (Fsp3) is 0.238. The van der Waals surface area contributed by atoms with Crippen molar-refractivity contribution >= 4 is 22.8 Å². The third-order valence-electron chi connectivity index (χ3n) is 5.15. The number of carboxylic acids is 1. The molecule has 8 heteroatoms. The summed E-state index contributed by atoms with van der Waals surface area (Å²) in [5, 5.41) is 11.8. The first-order valence-corrected chi connectivity index (χ1v) is 9.12. The maximum atomic E-state index is 12.7. The summed E-state index contributed by atoms with van der Waals surface area (Å²) in [5.74, 6) is -1.01. The molecule has 0 unspecified atom stereocenters. The van der Waals surface area contributed by atoms with E-state index < -0.39 is 24.0 Å². The van der Waals surface area contributed by atoms with Gasteiger partial charge in [0.25, 0.3) is 11.5 Å². The number of fused-ring (bicyclic) bond motifs is 2. The smallest absolute Gasteiger partial charge is 0.322 e. The van der Waals surface area contributed by atoms with Gasteiger partial charge in [-0.2, -0.15) is 0 Å². The van der Waals surface area contributed by atoms with Crippen LogP contribution in [-0.2, 0) is 18.3 Å². The molecule has 2 aromatic heterocycles. The third kappa shape index (κ3) is 3.22. The second-order valence-electron chi connectivity index (χ2n) is 6.95. The Morgan fingerprint density at radius 1 is 1.31 bits per heavy atom. The van der Waals surface area contributed by atoms with Crippen molar-refractivity contribution in [2.75, 3.05) is 13.2 Å². The van der Waals surface area contributed by atoms with Crippen molar-refractivity contribution in [3.05, 3.63) is 57.5 Å². The summed E-state index contributed by atoms with van der Waals surface area (Å²) in [7, 11) is 1.56. The average Bonchev–Trinajstić information content (AvgIpc) is 3.18. The zero-order valence-corrected chi connectivity index (χ0v) is 16.0. The predicted molar refractivity (Wildman–Crippen MR) is 106 cm³/mol. The topological polar surface area (TPSA) is 111 Å². The van der Waals surface area contributed by atoms with E-state index in [4.69, 9.17) is 9.84 Å². The van der Waals surface area contributed by atoms with Crippen molar-refractivity contribution in [1.82, 2.24) is 14.9 Å². The van der Waals surface area contributed by atoms with E-state index in [0.29, 0.717) is 28.8 Å². The SMILES string of the molecule is Cc1c(C(=O)NCC(=O)O)c(=O)n(C)c2cnc(-c3ccc4c(c3)CCO4)cc12. The lowest BCUT2D eigenvalue weighted by Gasteiger charge is -2.14. The van der Waals surface area contributed by atoms with E-state index in [2.05, 4.69) is 10.3 Å². The fourth-order valence-corrected chi connectivity index (χ4v) is 3.60. The predicted octanol–water partition coefficient (Wildman–Crippen LogP) is 1.66. The van der Waals surface area contributed by atoms with Crippen LogP contribution in [0, 0.1) is 6.92 Å². The Balaban J connectivity index is 1.84. The molecule has 0 saturated heterocycles. The lowest BCUT2D eigenvalue weighted by molar-refractivity contribution is -0.135. The van der Waals surface area contributed by atoms with E-state index in [0.717, 1.165) is 23.3 Å². The van der Waals surface area contributed by atoms with Gasteiger partial charge in [-0.15, -0.1) is 0 Å². The number of aliphatic carboxylic acids is 1. The standard InChI is InChI=1S/C21H19N3O5/c1-11-14-8-15(12-3-4-17-13(7-12)5-6-29-17)22-9-16(14)24(2)21(28)19(11)20(27)23-10-18(25)26/h3-4,7-9H,5-6,10H2,1-2H3,(H,23,27)(H,25,26). The van der Waals surface area contributed by atoms with Gasteiger partial charge in [-0.1, -0.05) is 0 Å². The Bertz CT molecular complexity index is 1230. The van der Waals surface area contributed by atoms with Crippen molar-refractivity contribution in [1.29, 1.82) is 0 Å². The number of aryl methyl sites for hydroxylation is 2. The molecule has 0 fully saturated rings. The molecule has 0 saturated carbocycles. The quantitative estimate of drug-likeness (QED) is 0.698. The van der Waals surface area contributed by atoms with Crippen molar-refractivity contribution in [2.24, 2.45) is 7.05 Å². The van der Waals surface area contributed by atoms with Crippen LogP contribution in [0.4, 0.5) is 0 Å². The zero-order valence-electron chi connectivity index (χ0n) is 16.0. The Morgan fingerprint density at radius 3 is 2.86 bits per heavy atom. The molecule has 0 bridgehead atoms. The van der Waals surface area contributed by atoms with Crippen LogP contribution < -0.4 is 15.6 Å². The normalized spacial score (nSPS) is 12.5. The highest BCUT2D eigenvalue weighted by Crippen LogP contribution is 2.31. The molecule has 3 aromatic rings. The van der Waals surface area contributed by atoms with Gasteiger partial charge in [0, 0.05) is 24.4 Å². The molecule has 4 rings (SSSR count). The fourth-order valence-electron chi connectivity index (χ4n) is 3.60. The number of carbonyl (C=O) groups is 2. The molecule has 8 nitrogen and oxygen atoms in total. The van der Waals surface area contributed by atoms with Crippen LogP contribution in [0.2, 0.25) is 0 Å². The average molecular weight is 393 g/mol. The van der Waals surface area contributed by atoms with E-state index >= 15 is 0 Å². The minimum atomic E-state index is -1.18. The molecule has 29 heavy (non-hydrogen) atoms. The second-order valence-corrected chi connectivity index (χ2v) is 6.95. The first kappa shape index (κ1) is 18.7. The number of hydrogen-bond acceptors (Lipinski definition) is 5. The summed E-state index contributed by atoms with van der Waals surface area (Å²) in [6, 6.07) is 7.72.